The fraction of sp³-hybridized carbons (Fsp3) is 0.800. The van der Waals surface area contributed by atoms with E-state index < -0.39 is 0 Å². The van der Waals surface area contributed by atoms with Crippen molar-refractivity contribution < 1.29 is 23.8 Å². The van der Waals surface area contributed by atoms with E-state index >= 15 is 0 Å². The lowest BCUT2D eigenvalue weighted by molar-refractivity contribution is -0.165. The van der Waals surface area contributed by atoms with Crippen LogP contribution in [0.4, 0.5) is 0 Å². The largest absolute Gasteiger partial charge is 0.459 e. The molecule has 5 heteroatoms. The van der Waals surface area contributed by atoms with Gasteiger partial charge in [-0.1, -0.05) is 0 Å². The van der Waals surface area contributed by atoms with Crippen molar-refractivity contribution in [2.45, 2.75) is 38.9 Å². The Bertz CT molecular complexity index is 214. The molecule has 0 aliphatic carbocycles. The van der Waals surface area contributed by atoms with Gasteiger partial charge in [-0.2, -0.15) is 0 Å². The van der Waals surface area contributed by atoms with Crippen LogP contribution in [-0.2, 0) is 23.8 Å². The summed E-state index contributed by atoms with van der Waals surface area (Å²) in [6.07, 6.45) is 0.373. The number of hydrogen-bond acceptors (Lipinski definition) is 5. The third kappa shape index (κ3) is 4.29. The highest BCUT2D eigenvalue weighted by molar-refractivity contribution is 5.67. The number of hydrogen-bond donors (Lipinski definition) is 0. The molecule has 0 bridgehead atoms. The van der Waals surface area contributed by atoms with Gasteiger partial charge in [0.1, 0.15) is 12.2 Å². The van der Waals surface area contributed by atoms with E-state index in [1.165, 1.54) is 13.8 Å². The molecule has 2 atom stereocenters. The van der Waals surface area contributed by atoms with Crippen molar-refractivity contribution >= 4 is 11.9 Å². The normalized spacial score (nSPS) is 26.5. The quantitative estimate of drug-likeness (QED) is 0.634. The standard InChI is InChI=1S/C10H16O5/c1-7(11)14-9-3-5-13-6-4-10(9)15-8(2)12/h9-10H,3-6H2,1-2H3/t9-,10-/m0/s1. The third-order valence-corrected chi connectivity index (χ3v) is 2.14. The molecule has 1 rings (SSSR count). The summed E-state index contributed by atoms with van der Waals surface area (Å²) < 4.78 is 15.4. The van der Waals surface area contributed by atoms with E-state index in [1.807, 2.05) is 0 Å². The van der Waals surface area contributed by atoms with Gasteiger partial charge in [-0.25, -0.2) is 0 Å². The summed E-state index contributed by atoms with van der Waals surface area (Å²) >= 11 is 0. The van der Waals surface area contributed by atoms with Crippen LogP contribution in [-0.4, -0.2) is 37.4 Å². The monoisotopic (exact) mass is 216 g/mol. The summed E-state index contributed by atoms with van der Waals surface area (Å²) in [5, 5.41) is 0. The SMILES string of the molecule is CC(=O)O[C@H]1CCOCC[C@@H]1OC(C)=O. The summed E-state index contributed by atoms with van der Waals surface area (Å²) in [5.74, 6) is -0.724. The number of rotatable bonds is 2. The van der Waals surface area contributed by atoms with Gasteiger partial charge in [0.25, 0.3) is 0 Å². The zero-order valence-electron chi connectivity index (χ0n) is 9.02. The predicted molar refractivity (Wildman–Crippen MR) is 51.2 cm³/mol. The smallest absolute Gasteiger partial charge is 0.303 e. The first-order chi connectivity index (χ1) is 7.09. The maximum Gasteiger partial charge on any atom is 0.303 e. The molecule has 0 aromatic rings. The molecule has 1 aliphatic rings. The van der Waals surface area contributed by atoms with Crippen LogP contribution in [0.15, 0.2) is 0 Å². The topological polar surface area (TPSA) is 61.8 Å². The Morgan fingerprint density at radius 2 is 1.40 bits per heavy atom. The van der Waals surface area contributed by atoms with E-state index in [1.54, 1.807) is 0 Å². The second kappa shape index (κ2) is 5.70. The van der Waals surface area contributed by atoms with Crippen LogP contribution in [0.5, 0.6) is 0 Å². The summed E-state index contributed by atoms with van der Waals surface area (Å²) in [5.41, 5.74) is 0. The molecule has 1 saturated heterocycles. The van der Waals surface area contributed by atoms with Crippen molar-refractivity contribution in [1.82, 2.24) is 0 Å². The molecule has 0 spiro atoms. The van der Waals surface area contributed by atoms with Crippen LogP contribution in [0.3, 0.4) is 0 Å². The highest BCUT2D eigenvalue weighted by Crippen LogP contribution is 2.16. The molecule has 0 saturated carbocycles. The molecule has 0 aromatic carbocycles. The van der Waals surface area contributed by atoms with Crippen LogP contribution >= 0.6 is 0 Å². The molecule has 0 amide bonds. The van der Waals surface area contributed by atoms with E-state index in [0.29, 0.717) is 26.1 Å². The van der Waals surface area contributed by atoms with Crippen molar-refractivity contribution in [2.24, 2.45) is 0 Å². The summed E-state index contributed by atoms with van der Waals surface area (Å²) in [6, 6.07) is 0. The molecule has 1 fully saturated rings. The molecule has 0 aromatic heterocycles. The Kier molecular flexibility index (Phi) is 4.55. The minimum atomic E-state index is -0.381. The highest BCUT2D eigenvalue weighted by atomic mass is 16.6. The third-order valence-electron chi connectivity index (χ3n) is 2.14. The van der Waals surface area contributed by atoms with Crippen molar-refractivity contribution in [3.63, 3.8) is 0 Å². The number of carbonyl (C=O) groups excluding carboxylic acids is 2. The Morgan fingerprint density at radius 1 is 1.00 bits per heavy atom. The molecule has 1 aliphatic heterocycles. The fourth-order valence-corrected chi connectivity index (χ4v) is 1.57. The van der Waals surface area contributed by atoms with Crippen LogP contribution in [0.25, 0.3) is 0 Å². The predicted octanol–water partition coefficient (Wildman–Crippen LogP) is 0.660. The fourth-order valence-electron chi connectivity index (χ4n) is 1.57. The maximum absolute atomic E-state index is 10.9. The molecule has 15 heavy (non-hydrogen) atoms. The van der Waals surface area contributed by atoms with Crippen LogP contribution in [0.2, 0.25) is 0 Å². The zero-order chi connectivity index (χ0) is 11.3. The first-order valence-electron chi connectivity index (χ1n) is 5.02. The summed E-state index contributed by atoms with van der Waals surface area (Å²) in [7, 11) is 0. The van der Waals surface area contributed by atoms with Gasteiger partial charge in [0.15, 0.2) is 0 Å². The van der Waals surface area contributed by atoms with Crippen molar-refractivity contribution in [2.75, 3.05) is 13.2 Å². The summed E-state index contributed by atoms with van der Waals surface area (Å²) in [4.78, 5) is 21.7. The molecule has 0 N–H and O–H groups in total. The zero-order valence-corrected chi connectivity index (χ0v) is 9.02. The van der Waals surface area contributed by atoms with E-state index in [0.717, 1.165) is 0 Å². The van der Waals surface area contributed by atoms with Crippen molar-refractivity contribution in [3.05, 3.63) is 0 Å². The van der Waals surface area contributed by atoms with Crippen LogP contribution in [0.1, 0.15) is 26.7 Å². The van der Waals surface area contributed by atoms with Gasteiger partial charge < -0.3 is 14.2 Å². The van der Waals surface area contributed by atoms with Gasteiger partial charge in [0, 0.05) is 26.7 Å². The average Bonchev–Trinajstić information content (AvgIpc) is 2.30. The molecule has 5 nitrogen and oxygen atoms in total. The minimum Gasteiger partial charge on any atom is -0.459 e. The molecule has 0 unspecified atom stereocenters. The number of esters is 2. The van der Waals surface area contributed by atoms with E-state index in [9.17, 15) is 9.59 Å². The Balaban J connectivity index is 2.58. The lowest BCUT2D eigenvalue weighted by Gasteiger charge is -2.23. The second-order valence-corrected chi connectivity index (χ2v) is 3.49. The lowest BCUT2D eigenvalue weighted by atomic mass is 10.1. The average molecular weight is 216 g/mol. The van der Waals surface area contributed by atoms with E-state index in [-0.39, 0.29) is 24.1 Å². The van der Waals surface area contributed by atoms with Gasteiger partial charge in [-0.15, -0.1) is 0 Å². The molecule has 0 radical (unpaired) electrons. The first-order valence-corrected chi connectivity index (χ1v) is 5.02. The van der Waals surface area contributed by atoms with Crippen LogP contribution in [0, 0.1) is 0 Å². The Labute approximate surface area is 88.7 Å². The van der Waals surface area contributed by atoms with Crippen molar-refractivity contribution in [1.29, 1.82) is 0 Å². The van der Waals surface area contributed by atoms with Gasteiger partial charge in [-0.05, 0) is 0 Å². The number of ether oxygens (including phenoxy) is 3. The van der Waals surface area contributed by atoms with Gasteiger partial charge in [-0.3, -0.25) is 9.59 Å². The molecule has 86 valence electrons. The maximum atomic E-state index is 10.9. The highest BCUT2D eigenvalue weighted by Gasteiger charge is 2.28. The molecular formula is C10H16O5. The Morgan fingerprint density at radius 3 is 1.73 bits per heavy atom. The van der Waals surface area contributed by atoms with Gasteiger partial charge >= 0.3 is 11.9 Å². The van der Waals surface area contributed by atoms with Crippen molar-refractivity contribution in [3.8, 4) is 0 Å². The Hall–Kier alpha value is -1.10. The van der Waals surface area contributed by atoms with E-state index in [2.05, 4.69) is 0 Å². The second-order valence-electron chi connectivity index (χ2n) is 3.49. The first kappa shape index (κ1) is 12.0. The lowest BCUT2D eigenvalue weighted by Crippen LogP contribution is -2.34. The van der Waals surface area contributed by atoms with Gasteiger partial charge in [0.05, 0.1) is 13.2 Å². The molecular weight excluding hydrogens is 200 g/mol. The van der Waals surface area contributed by atoms with E-state index in [4.69, 9.17) is 14.2 Å². The minimum absolute atomic E-state index is 0.362. The summed E-state index contributed by atoms with van der Waals surface area (Å²) in [6.45, 7) is 3.73. The molecule has 1 heterocycles. The number of carbonyl (C=O) groups is 2. The van der Waals surface area contributed by atoms with Crippen LogP contribution < -0.4 is 0 Å². The van der Waals surface area contributed by atoms with Gasteiger partial charge in [0.2, 0.25) is 0 Å².